The summed E-state index contributed by atoms with van der Waals surface area (Å²) in [5.41, 5.74) is 3.40. The number of ether oxygens (including phenoxy) is 2. The van der Waals surface area contributed by atoms with Crippen LogP contribution in [0.5, 0.6) is 11.5 Å². The third-order valence-corrected chi connectivity index (χ3v) is 3.92. The summed E-state index contributed by atoms with van der Waals surface area (Å²) in [4.78, 5) is 0. The van der Waals surface area contributed by atoms with E-state index in [4.69, 9.17) is 21.1 Å². The molecule has 3 nitrogen and oxygen atoms in total. The molecule has 0 saturated heterocycles. The third kappa shape index (κ3) is 4.88. The molecule has 2 rings (SSSR count). The fourth-order valence-electron chi connectivity index (χ4n) is 2.26. The molecular formula is C19H24ClNO2. The van der Waals surface area contributed by atoms with Crippen molar-refractivity contribution in [3.8, 4) is 11.5 Å². The van der Waals surface area contributed by atoms with Crippen molar-refractivity contribution in [3.63, 3.8) is 0 Å². The largest absolute Gasteiger partial charge is 0.493 e. The van der Waals surface area contributed by atoms with E-state index in [2.05, 4.69) is 38.2 Å². The summed E-state index contributed by atoms with van der Waals surface area (Å²) in [6.07, 6.45) is 0. The average molecular weight is 334 g/mol. The summed E-state index contributed by atoms with van der Waals surface area (Å²) in [7, 11) is 1.63. The van der Waals surface area contributed by atoms with Gasteiger partial charge in [-0.25, -0.2) is 0 Å². The van der Waals surface area contributed by atoms with Crippen LogP contribution in [-0.2, 0) is 13.2 Å². The zero-order chi connectivity index (χ0) is 16.8. The Hall–Kier alpha value is -1.71. The monoisotopic (exact) mass is 333 g/mol. The minimum Gasteiger partial charge on any atom is -0.493 e. The van der Waals surface area contributed by atoms with Crippen molar-refractivity contribution in [2.75, 3.05) is 7.11 Å². The third-order valence-electron chi connectivity index (χ3n) is 3.64. The van der Waals surface area contributed by atoms with Crippen molar-refractivity contribution in [3.05, 3.63) is 58.1 Å². The van der Waals surface area contributed by atoms with Crippen LogP contribution in [0.2, 0.25) is 5.02 Å². The van der Waals surface area contributed by atoms with Crippen LogP contribution < -0.4 is 14.8 Å². The highest BCUT2D eigenvalue weighted by molar-refractivity contribution is 6.32. The molecule has 0 aliphatic carbocycles. The highest BCUT2D eigenvalue weighted by atomic mass is 35.5. The predicted molar refractivity (Wildman–Crippen MR) is 95.5 cm³/mol. The zero-order valence-electron chi connectivity index (χ0n) is 14.2. The van der Waals surface area contributed by atoms with E-state index >= 15 is 0 Å². The number of hydrogen-bond acceptors (Lipinski definition) is 3. The zero-order valence-corrected chi connectivity index (χ0v) is 14.9. The Kier molecular flexibility index (Phi) is 6.31. The van der Waals surface area contributed by atoms with Crippen LogP contribution in [0.25, 0.3) is 0 Å². The Balaban J connectivity index is 2.16. The van der Waals surface area contributed by atoms with Gasteiger partial charge in [0.25, 0.3) is 0 Å². The van der Waals surface area contributed by atoms with Crippen molar-refractivity contribution >= 4 is 11.6 Å². The minimum absolute atomic E-state index is 0.414. The molecule has 0 bridgehead atoms. The average Bonchev–Trinajstić information content (AvgIpc) is 2.52. The molecule has 23 heavy (non-hydrogen) atoms. The predicted octanol–water partition coefficient (Wildman–Crippen LogP) is 4.73. The van der Waals surface area contributed by atoms with E-state index in [9.17, 15) is 0 Å². The van der Waals surface area contributed by atoms with E-state index in [0.717, 1.165) is 17.7 Å². The van der Waals surface area contributed by atoms with Gasteiger partial charge in [0.05, 0.1) is 12.1 Å². The molecule has 124 valence electrons. The molecule has 0 radical (unpaired) electrons. The van der Waals surface area contributed by atoms with Gasteiger partial charge < -0.3 is 14.8 Å². The van der Waals surface area contributed by atoms with Crippen LogP contribution in [0.3, 0.4) is 0 Å². The summed E-state index contributed by atoms with van der Waals surface area (Å²) >= 11 is 6.40. The first kappa shape index (κ1) is 17.6. The first-order valence-corrected chi connectivity index (χ1v) is 8.16. The molecule has 1 N–H and O–H groups in total. The van der Waals surface area contributed by atoms with Crippen molar-refractivity contribution < 1.29 is 9.47 Å². The second kappa shape index (κ2) is 8.23. The Labute approximate surface area is 143 Å². The smallest absolute Gasteiger partial charge is 0.180 e. The quantitative estimate of drug-likeness (QED) is 0.794. The van der Waals surface area contributed by atoms with E-state index in [1.165, 1.54) is 5.56 Å². The van der Waals surface area contributed by atoms with Gasteiger partial charge in [0.1, 0.15) is 6.61 Å². The lowest BCUT2D eigenvalue weighted by atomic mass is 10.1. The van der Waals surface area contributed by atoms with Gasteiger partial charge in [-0.2, -0.15) is 0 Å². The molecule has 0 heterocycles. The van der Waals surface area contributed by atoms with Crippen LogP contribution in [0, 0.1) is 6.92 Å². The molecule has 0 aromatic heterocycles. The number of aryl methyl sites for hydroxylation is 1. The fraction of sp³-hybridized carbons (Fsp3) is 0.368. The summed E-state index contributed by atoms with van der Waals surface area (Å²) in [5.74, 6) is 1.25. The maximum absolute atomic E-state index is 6.40. The topological polar surface area (TPSA) is 30.5 Å². The normalized spacial score (nSPS) is 10.9. The van der Waals surface area contributed by atoms with Gasteiger partial charge in [0, 0.05) is 12.6 Å². The number of rotatable bonds is 7. The molecule has 0 aliphatic rings. The molecular weight excluding hydrogens is 310 g/mol. The van der Waals surface area contributed by atoms with Gasteiger partial charge in [-0.3, -0.25) is 0 Å². The SMILES string of the molecule is COc1cc(CNC(C)C)cc(Cl)c1OCc1ccccc1C. The Morgan fingerprint density at radius 2 is 1.91 bits per heavy atom. The molecule has 2 aromatic carbocycles. The Morgan fingerprint density at radius 3 is 2.57 bits per heavy atom. The summed E-state index contributed by atoms with van der Waals surface area (Å²) in [6.45, 7) is 7.49. The molecule has 0 saturated carbocycles. The molecule has 0 spiro atoms. The van der Waals surface area contributed by atoms with Crippen molar-refractivity contribution in [2.24, 2.45) is 0 Å². The summed E-state index contributed by atoms with van der Waals surface area (Å²) < 4.78 is 11.4. The van der Waals surface area contributed by atoms with Crippen LogP contribution in [-0.4, -0.2) is 13.2 Å². The van der Waals surface area contributed by atoms with Crippen molar-refractivity contribution in [1.29, 1.82) is 0 Å². The lowest BCUT2D eigenvalue weighted by Crippen LogP contribution is -2.21. The maximum atomic E-state index is 6.40. The standard InChI is InChI=1S/C19H24ClNO2/c1-13(2)21-11-15-9-17(20)19(18(10-15)22-4)23-12-16-8-6-5-7-14(16)3/h5-10,13,21H,11-12H2,1-4H3. The van der Waals surface area contributed by atoms with Crippen LogP contribution in [0.4, 0.5) is 0 Å². The van der Waals surface area contributed by atoms with E-state index in [1.807, 2.05) is 24.3 Å². The highest BCUT2D eigenvalue weighted by Crippen LogP contribution is 2.37. The lowest BCUT2D eigenvalue weighted by Gasteiger charge is -2.16. The van der Waals surface area contributed by atoms with E-state index in [1.54, 1.807) is 7.11 Å². The molecule has 0 amide bonds. The summed E-state index contributed by atoms with van der Waals surface area (Å²) in [5, 5.41) is 3.94. The summed E-state index contributed by atoms with van der Waals surface area (Å²) in [6, 6.07) is 12.4. The van der Waals surface area contributed by atoms with Crippen molar-refractivity contribution in [1.82, 2.24) is 5.32 Å². The van der Waals surface area contributed by atoms with Gasteiger partial charge in [0.15, 0.2) is 11.5 Å². The lowest BCUT2D eigenvalue weighted by molar-refractivity contribution is 0.284. The number of nitrogens with one attached hydrogen (secondary N) is 1. The Morgan fingerprint density at radius 1 is 1.17 bits per heavy atom. The van der Waals surface area contributed by atoms with Crippen molar-refractivity contribution in [2.45, 2.75) is 40.0 Å². The van der Waals surface area contributed by atoms with Gasteiger partial charge >= 0.3 is 0 Å². The van der Waals surface area contributed by atoms with Gasteiger partial charge in [-0.15, -0.1) is 0 Å². The van der Waals surface area contributed by atoms with Gasteiger partial charge in [0.2, 0.25) is 0 Å². The van der Waals surface area contributed by atoms with Crippen LogP contribution in [0.1, 0.15) is 30.5 Å². The maximum Gasteiger partial charge on any atom is 0.180 e. The number of benzene rings is 2. The minimum atomic E-state index is 0.414. The van der Waals surface area contributed by atoms with Gasteiger partial charge in [-0.05, 0) is 35.7 Å². The first-order valence-electron chi connectivity index (χ1n) is 7.78. The van der Waals surface area contributed by atoms with Crippen LogP contribution in [0.15, 0.2) is 36.4 Å². The highest BCUT2D eigenvalue weighted by Gasteiger charge is 2.13. The van der Waals surface area contributed by atoms with Gasteiger partial charge in [-0.1, -0.05) is 49.7 Å². The molecule has 4 heteroatoms. The van der Waals surface area contributed by atoms with E-state index < -0.39 is 0 Å². The fourth-order valence-corrected chi connectivity index (χ4v) is 2.55. The molecule has 0 fully saturated rings. The Bertz CT molecular complexity index is 656. The van der Waals surface area contributed by atoms with E-state index in [-0.39, 0.29) is 0 Å². The second-order valence-corrected chi connectivity index (χ2v) is 6.27. The van der Waals surface area contributed by atoms with Crippen LogP contribution >= 0.6 is 11.6 Å². The molecule has 2 aromatic rings. The number of methoxy groups -OCH3 is 1. The first-order chi connectivity index (χ1) is 11.0. The molecule has 0 atom stereocenters. The van der Waals surface area contributed by atoms with E-state index in [0.29, 0.717) is 29.2 Å². The molecule has 0 unspecified atom stereocenters. The second-order valence-electron chi connectivity index (χ2n) is 5.86. The number of hydrogen-bond donors (Lipinski definition) is 1. The molecule has 0 aliphatic heterocycles. The number of halogens is 1.